The van der Waals surface area contributed by atoms with Crippen LogP contribution in [-0.4, -0.2) is 45.2 Å². The Hall–Kier alpha value is -2.28. The van der Waals surface area contributed by atoms with Crippen molar-refractivity contribution in [1.29, 1.82) is 0 Å². The van der Waals surface area contributed by atoms with Crippen LogP contribution in [0.5, 0.6) is 0 Å². The lowest BCUT2D eigenvalue weighted by Gasteiger charge is -2.33. The van der Waals surface area contributed by atoms with Crippen molar-refractivity contribution in [3.05, 3.63) is 46.2 Å². The van der Waals surface area contributed by atoms with Crippen LogP contribution in [0.15, 0.2) is 29.8 Å². The average molecular weight is 387 g/mol. The number of carbonyl (C=O) groups is 2. The smallest absolute Gasteiger partial charge is 0.227 e. The highest BCUT2D eigenvalue weighted by Crippen LogP contribution is 2.23. The third-order valence-corrected chi connectivity index (χ3v) is 5.96. The minimum atomic E-state index is -0.167. The van der Waals surface area contributed by atoms with E-state index in [0.29, 0.717) is 38.4 Å². The summed E-state index contributed by atoms with van der Waals surface area (Å²) in [5.41, 5.74) is 1.77. The van der Waals surface area contributed by atoms with Crippen molar-refractivity contribution in [2.45, 2.75) is 45.7 Å². The van der Waals surface area contributed by atoms with E-state index in [1.54, 1.807) is 27.3 Å². The first-order chi connectivity index (χ1) is 12.9. The van der Waals surface area contributed by atoms with Crippen molar-refractivity contribution in [1.82, 2.24) is 19.8 Å². The monoisotopic (exact) mass is 386 g/mol. The molecule has 0 bridgehead atoms. The molecular formula is C20H26N4O2S. The number of pyridine rings is 1. The van der Waals surface area contributed by atoms with Gasteiger partial charge >= 0.3 is 0 Å². The first kappa shape index (κ1) is 19.5. The van der Waals surface area contributed by atoms with E-state index >= 15 is 0 Å². The molecule has 0 saturated carbocycles. The van der Waals surface area contributed by atoms with E-state index in [9.17, 15) is 9.59 Å². The van der Waals surface area contributed by atoms with Gasteiger partial charge in [0.15, 0.2) is 0 Å². The largest absolute Gasteiger partial charge is 0.340 e. The van der Waals surface area contributed by atoms with Gasteiger partial charge in [-0.05, 0) is 18.6 Å². The zero-order valence-corrected chi connectivity index (χ0v) is 16.9. The molecule has 2 aromatic heterocycles. The van der Waals surface area contributed by atoms with Gasteiger partial charge in [0.2, 0.25) is 11.8 Å². The Labute approximate surface area is 164 Å². The SMILES string of the molecule is CC(C)c1nc(CN(C)C(=O)C2CCC(=O)N(Cc3ccccn3)C2)cs1. The highest BCUT2D eigenvalue weighted by Gasteiger charge is 2.32. The molecule has 2 aromatic rings. The van der Waals surface area contributed by atoms with Gasteiger partial charge in [-0.2, -0.15) is 0 Å². The van der Waals surface area contributed by atoms with Gasteiger partial charge in [0.25, 0.3) is 0 Å². The number of carbonyl (C=O) groups excluding carboxylic acids is 2. The summed E-state index contributed by atoms with van der Waals surface area (Å²) in [4.78, 5) is 37.5. The quantitative estimate of drug-likeness (QED) is 0.765. The van der Waals surface area contributed by atoms with Crippen LogP contribution >= 0.6 is 11.3 Å². The fourth-order valence-electron chi connectivity index (χ4n) is 3.25. The van der Waals surface area contributed by atoms with Gasteiger partial charge in [0, 0.05) is 37.5 Å². The zero-order chi connectivity index (χ0) is 19.4. The molecule has 144 valence electrons. The van der Waals surface area contributed by atoms with Crippen LogP contribution in [-0.2, 0) is 22.7 Å². The second kappa shape index (κ2) is 8.61. The van der Waals surface area contributed by atoms with Crippen LogP contribution < -0.4 is 0 Å². The van der Waals surface area contributed by atoms with Crippen LogP contribution in [0.3, 0.4) is 0 Å². The van der Waals surface area contributed by atoms with Gasteiger partial charge in [-0.3, -0.25) is 14.6 Å². The zero-order valence-electron chi connectivity index (χ0n) is 16.1. The molecule has 0 aromatic carbocycles. The summed E-state index contributed by atoms with van der Waals surface area (Å²) < 4.78 is 0. The lowest BCUT2D eigenvalue weighted by Crippen LogP contribution is -2.45. The maximum absolute atomic E-state index is 12.9. The molecular weight excluding hydrogens is 360 g/mol. The molecule has 27 heavy (non-hydrogen) atoms. The molecule has 3 rings (SSSR count). The van der Waals surface area contributed by atoms with Gasteiger partial charge in [-0.15, -0.1) is 11.3 Å². The number of aromatic nitrogens is 2. The van der Waals surface area contributed by atoms with Crippen molar-refractivity contribution in [2.75, 3.05) is 13.6 Å². The molecule has 0 N–H and O–H groups in total. The number of likely N-dealkylation sites (tertiary alicyclic amines) is 1. The lowest BCUT2D eigenvalue weighted by molar-refractivity contribution is -0.143. The Morgan fingerprint density at radius 3 is 2.85 bits per heavy atom. The molecule has 1 aliphatic heterocycles. The summed E-state index contributed by atoms with van der Waals surface area (Å²) in [6.45, 7) is 5.65. The fourth-order valence-corrected chi connectivity index (χ4v) is 4.08. The Kier molecular flexibility index (Phi) is 6.21. The maximum Gasteiger partial charge on any atom is 0.227 e. The summed E-state index contributed by atoms with van der Waals surface area (Å²) in [5.74, 6) is 0.398. The molecule has 1 unspecified atom stereocenters. The van der Waals surface area contributed by atoms with Crippen molar-refractivity contribution < 1.29 is 9.59 Å². The van der Waals surface area contributed by atoms with E-state index in [4.69, 9.17) is 0 Å². The van der Waals surface area contributed by atoms with Crippen LogP contribution in [0.25, 0.3) is 0 Å². The summed E-state index contributed by atoms with van der Waals surface area (Å²) in [6.07, 6.45) is 2.74. The van der Waals surface area contributed by atoms with Crippen molar-refractivity contribution in [3.63, 3.8) is 0 Å². The Morgan fingerprint density at radius 2 is 2.19 bits per heavy atom. The van der Waals surface area contributed by atoms with E-state index in [1.165, 1.54) is 0 Å². The number of piperidine rings is 1. The molecule has 0 radical (unpaired) electrons. The number of thiazole rings is 1. The summed E-state index contributed by atoms with van der Waals surface area (Å²) in [7, 11) is 1.82. The number of nitrogens with zero attached hydrogens (tertiary/aromatic N) is 4. The molecule has 6 nitrogen and oxygen atoms in total. The molecule has 3 heterocycles. The van der Waals surface area contributed by atoms with Gasteiger partial charge in [-0.25, -0.2) is 4.98 Å². The third-order valence-electron chi connectivity index (χ3n) is 4.77. The van der Waals surface area contributed by atoms with Gasteiger partial charge in [-0.1, -0.05) is 19.9 Å². The Bertz CT molecular complexity index is 790. The van der Waals surface area contributed by atoms with Gasteiger partial charge in [0.1, 0.15) is 0 Å². The molecule has 1 atom stereocenters. The van der Waals surface area contributed by atoms with E-state index < -0.39 is 0 Å². The van der Waals surface area contributed by atoms with Crippen LogP contribution in [0.4, 0.5) is 0 Å². The minimum absolute atomic E-state index is 0.0765. The predicted molar refractivity (Wildman–Crippen MR) is 105 cm³/mol. The van der Waals surface area contributed by atoms with E-state index in [1.807, 2.05) is 30.6 Å². The van der Waals surface area contributed by atoms with Crippen LogP contribution in [0, 0.1) is 5.92 Å². The van der Waals surface area contributed by atoms with Crippen molar-refractivity contribution in [3.8, 4) is 0 Å². The average Bonchev–Trinajstić information content (AvgIpc) is 3.12. The number of hydrogen-bond donors (Lipinski definition) is 0. The normalized spacial score (nSPS) is 17.4. The molecule has 0 spiro atoms. The molecule has 1 saturated heterocycles. The lowest BCUT2D eigenvalue weighted by atomic mass is 9.96. The number of hydrogen-bond acceptors (Lipinski definition) is 5. The van der Waals surface area contributed by atoms with Gasteiger partial charge < -0.3 is 9.80 Å². The Morgan fingerprint density at radius 1 is 1.37 bits per heavy atom. The van der Waals surface area contributed by atoms with E-state index in [2.05, 4.69) is 23.8 Å². The fraction of sp³-hybridized carbons (Fsp3) is 0.500. The highest BCUT2D eigenvalue weighted by atomic mass is 32.1. The summed E-state index contributed by atoms with van der Waals surface area (Å²) in [5, 5.41) is 3.12. The molecule has 7 heteroatoms. The van der Waals surface area contributed by atoms with Crippen molar-refractivity contribution in [2.24, 2.45) is 5.92 Å². The summed E-state index contributed by atoms with van der Waals surface area (Å²) in [6, 6.07) is 5.66. The highest BCUT2D eigenvalue weighted by molar-refractivity contribution is 7.09. The summed E-state index contributed by atoms with van der Waals surface area (Å²) >= 11 is 1.64. The number of rotatable bonds is 6. The first-order valence-corrected chi connectivity index (χ1v) is 10.2. The van der Waals surface area contributed by atoms with Crippen molar-refractivity contribution >= 4 is 23.2 Å². The second-order valence-corrected chi connectivity index (χ2v) is 8.25. The van der Waals surface area contributed by atoms with Gasteiger partial charge in [0.05, 0.1) is 35.4 Å². The van der Waals surface area contributed by atoms with E-state index in [0.717, 1.165) is 16.4 Å². The van der Waals surface area contributed by atoms with Crippen LogP contribution in [0.2, 0.25) is 0 Å². The minimum Gasteiger partial charge on any atom is -0.340 e. The maximum atomic E-state index is 12.9. The first-order valence-electron chi connectivity index (χ1n) is 9.31. The van der Waals surface area contributed by atoms with Crippen LogP contribution in [0.1, 0.15) is 49.0 Å². The standard InChI is InChI=1S/C20H26N4O2S/c1-14(2)19-22-17(13-27-19)11-23(3)20(26)15-7-8-18(25)24(10-15)12-16-6-4-5-9-21-16/h4-6,9,13-15H,7-8,10-12H2,1-3H3. The molecule has 1 aliphatic rings. The Balaban J connectivity index is 1.60. The molecule has 2 amide bonds. The topological polar surface area (TPSA) is 66.4 Å². The number of amides is 2. The van der Waals surface area contributed by atoms with E-state index in [-0.39, 0.29) is 17.7 Å². The predicted octanol–water partition coefficient (Wildman–Crippen LogP) is 3.06. The molecule has 1 fully saturated rings. The molecule has 0 aliphatic carbocycles. The second-order valence-electron chi connectivity index (χ2n) is 7.36. The third kappa shape index (κ3) is 4.91.